The Morgan fingerprint density at radius 2 is 1.62 bits per heavy atom. The van der Waals surface area contributed by atoms with Crippen LogP contribution in [-0.2, 0) is 0 Å². The van der Waals surface area contributed by atoms with Gasteiger partial charge in [-0.1, -0.05) is 6.92 Å². The molecule has 3 heteroatoms. The third-order valence-electron chi connectivity index (χ3n) is 0.189. The predicted molar refractivity (Wildman–Crippen MR) is 27.6 cm³/mol. The number of hydrogen-bond donors (Lipinski definition) is 0. The normalized spacial score (nSPS) is 7.00. The molecule has 0 aromatic carbocycles. The first kappa shape index (κ1) is 10.5. The van der Waals surface area contributed by atoms with Crippen LogP contribution >= 0.6 is 0 Å². The third kappa shape index (κ3) is 404. The van der Waals surface area contributed by atoms with Crippen molar-refractivity contribution in [1.82, 2.24) is 0 Å². The Hall–Kier alpha value is -0.470. The monoisotopic (exact) mass is 126 g/mol. The van der Waals surface area contributed by atoms with Gasteiger partial charge in [-0.05, 0) is 13.0 Å². The lowest BCUT2D eigenvalue weighted by Gasteiger charge is -1.64. The Morgan fingerprint density at radius 1 is 1.50 bits per heavy atom. The molecule has 8 heavy (non-hydrogen) atoms. The molecule has 0 aromatic rings. The van der Waals surface area contributed by atoms with Crippen LogP contribution in [0.15, 0.2) is 12.7 Å². The first-order valence-electron chi connectivity index (χ1n) is 2.21. The van der Waals surface area contributed by atoms with Crippen LogP contribution in [0, 0.1) is 0 Å². The standard InChI is InChI=1S/C3H7F.C2H2F2/c1-2-3-4;1-2(3)4/h2-3H2,1H3;1H2. The number of alkyl halides is 1. The highest BCUT2D eigenvalue weighted by Gasteiger charge is 1.65. The van der Waals surface area contributed by atoms with E-state index in [4.69, 9.17) is 0 Å². The highest BCUT2D eigenvalue weighted by atomic mass is 19.3. The molecule has 0 rings (SSSR count). The fourth-order valence-corrected chi connectivity index (χ4v) is 0. The highest BCUT2D eigenvalue weighted by molar-refractivity contribution is 4.57. The molecule has 0 nitrogen and oxygen atoms in total. The van der Waals surface area contributed by atoms with Gasteiger partial charge in [0, 0.05) is 0 Å². The van der Waals surface area contributed by atoms with Crippen molar-refractivity contribution in [1.29, 1.82) is 0 Å². The van der Waals surface area contributed by atoms with E-state index in [-0.39, 0.29) is 6.67 Å². The Labute approximate surface area is 47.0 Å². The average molecular weight is 126 g/mol. The summed E-state index contributed by atoms with van der Waals surface area (Å²) in [4.78, 5) is 0. The maximum Gasteiger partial charge on any atom is 0.263 e. The van der Waals surface area contributed by atoms with Crippen molar-refractivity contribution in [3.8, 4) is 0 Å². The van der Waals surface area contributed by atoms with Gasteiger partial charge in [0.2, 0.25) is 0 Å². The summed E-state index contributed by atoms with van der Waals surface area (Å²) in [6.45, 7) is 3.85. The van der Waals surface area contributed by atoms with E-state index >= 15 is 0 Å². The van der Waals surface area contributed by atoms with E-state index in [0.717, 1.165) is 0 Å². The van der Waals surface area contributed by atoms with Crippen LogP contribution in [0.4, 0.5) is 13.2 Å². The van der Waals surface area contributed by atoms with E-state index in [1.807, 2.05) is 0 Å². The Bertz CT molecular complexity index is 45.6. The molecular weight excluding hydrogens is 117 g/mol. The topological polar surface area (TPSA) is 0 Å². The lowest BCUT2D eigenvalue weighted by Crippen LogP contribution is -1.58. The molecule has 0 fully saturated rings. The minimum Gasteiger partial charge on any atom is -0.251 e. The van der Waals surface area contributed by atoms with Crippen LogP contribution in [0.3, 0.4) is 0 Å². The summed E-state index contributed by atoms with van der Waals surface area (Å²) in [6, 6.07) is 0. The van der Waals surface area contributed by atoms with Crippen molar-refractivity contribution in [2.45, 2.75) is 13.3 Å². The molecule has 0 heterocycles. The molecule has 0 N–H and O–H groups in total. The number of halogens is 3. The molecule has 0 amide bonds. The molecule has 0 atom stereocenters. The smallest absolute Gasteiger partial charge is 0.251 e. The minimum atomic E-state index is -1.83. The Kier molecular flexibility index (Phi) is 12.8. The molecule has 0 saturated carbocycles. The summed E-state index contributed by atoms with van der Waals surface area (Å²) < 4.78 is 31.0. The van der Waals surface area contributed by atoms with E-state index in [1.54, 1.807) is 6.92 Å². The van der Waals surface area contributed by atoms with Gasteiger partial charge in [-0.2, -0.15) is 8.78 Å². The van der Waals surface area contributed by atoms with Crippen LogP contribution in [0.1, 0.15) is 13.3 Å². The molecule has 0 aliphatic rings. The first-order valence-corrected chi connectivity index (χ1v) is 2.21. The first-order chi connectivity index (χ1) is 3.65. The fourth-order valence-electron chi connectivity index (χ4n) is 0. The molecule has 0 saturated heterocycles. The van der Waals surface area contributed by atoms with Crippen molar-refractivity contribution in [2.75, 3.05) is 6.67 Å². The Morgan fingerprint density at radius 3 is 1.62 bits per heavy atom. The van der Waals surface area contributed by atoms with Gasteiger partial charge >= 0.3 is 0 Å². The van der Waals surface area contributed by atoms with Gasteiger partial charge in [-0.15, -0.1) is 0 Å². The summed E-state index contributed by atoms with van der Waals surface area (Å²) in [5.41, 5.74) is 0. The van der Waals surface area contributed by atoms with E-state index in [0.29, 0.717) is 6.42 Å². The van der Waals surface area contributed by atoms with E-state index in [2.05, 4.69) is 6.58 Å². The zero-order valence-electron chi connectivity index (χ0n) is 4.76. The zero-order valence-corrected chi connectivity index (χ0v) is 4.76. The number of rotatable bonds is 1. The van der Waals surface area contributed by atoms with Gasteiger partial charge in [0.1, 0.15) is 0 Å². The van der Waals surface area contributed by atoms with Gasteiger partial charge in [-0.3, -0.25) is 4.39 Å². The van der Waals surface area contributed by atoms with Crippen molar-refractivity contribution < 1.29 is 13.2 Å². The SMILES string of the molecule is C=C(F)F.CCCF. The second-order valence-corrected chi connectivity index (χ2v) is 1.03. The minimum absolute atomic E-state index is 0.181. The summed E-state index contributed by atoms with van der Waals surface area (Å²) in [7, 11) is 0. The molecule has 0 radical (unpaired) electrons. The molecule has 50 valence electrons. The fraction of sp³-hybridized carbons (Fsp3) is 0.600. The van der Waals surface area contributed by atoms with E-state index in [9.17, 15) is 13.2 Å². The van der Waals surface area contributed by atoms with Gasteiger partial charge in [0.05, 0.1) is 6.67 Å². The molecule has 0 bridgehead atoms. The van der Waals surface area contributed by atoms with Gasteiger partial charge in [0.25, 0.3) is 6.08 Å². The van der Waals surface area contributed by atoms with E-state index in [1.165, 1.54) is 0 Å². The molecular formula is C5H9F3. The largest absolute Gasteiger partial charge is 0.263 e. The molecule has 0 aliphatic heterocycles. The number of hydrogen-bond acceptors (Lipinski definition) is 0. The van der Waals surface area contributed by atoms with Crippen LogP contribution in [0.2, 0.25) is 0 Å². The summed E-state index contributed by atoms with van der Waals surface area (Å²) >= 11 is 0. The molecule has 0 unspecified atom stereocenters. The second kappa shape index (κ2) is 9.73. The quantitative estimate of drug-likeness (QED) is 0.506. The maximum absolute atomic E-state index is 10.7. The summed E-state index contributed by atoms with van der Waals surface area (Å²) in [5.74, 6) is 0. The molecule has 0 spiro atoms. The van der Waals surface area contributed by atoms with Crippen LogP contribution in [-0.4, -0.2) is 6.67 Å². The molecule has 0 aromatic heterocycles. The molecule has 0 aliphatic carbocycles. The summed E-state index contributed by atoms with van der Waals surface area (Å²) in [5, 5.41) is 0. The average Bonchev–Trinajstić information content (AvgIpc) is 1.65. The summed E-state index contributed by atoms with van der Waals surface area (Å²) in [6.07, 6.45) is -1.18. The zero-order chi connectivity index (χ0) is 6.99. The highest BCUT2D eigenvalue weighted by Crippen LogP contribution is 1.85. The van der Waals surface area contributed by atoms with Crippen molar-refractivity contribution in [3.05, 3.63) is 12.7 Å². The van der Waals surface area contributed by atoms with Gasteiger partial charge in [0.15, 0.2) is 0 Å². The van der Waals surface area contributed by atoms with Crippen LogP contribution in [0.25, 0.3) is 0 Å². The van der Waals surface area contributed by atoms with E-state index < -0.39 is 6.08 Å². The second-order valence-electron chi connectivity index (χ2n) is 1.03. The lowest BCUT2D eigenvalue weighted by atomic mass is 10.6. The predicted octanol–water partition coefficient (Wildman–Crippen LogP) is 2.76. The van der Waals surface area contributed by atoms with Gasteiger partial charge in [-0.25, -0.2) is 0 Å². The Balaban J connectivity index is 0. The van der Waals surface area contributed by atoms with Crippen molar-refractivity contribution in [3.63, 3.8) is 0 Å². The van der Waals surface area contributed by atoms with Crippen LogP contribution < -0.4 is 0 Å². The maximum atomic E-state index is 10.7. The lowest BCUT2D eigenvalue weighted by molar-refractivity contribution is 0.426. The van der Waals surface area contributed by atoms with Crippen molar-refractivity contribution >= 4 is 0 Å². The van der Waals surface area contributed by atoms with Gasteiger partial charge < -0.3 is 0 Å². The third-order valence-corrected chi connectivity index (χ3v) is 0.189. The van der Waals surface area contributed by atoms with Crippen molar-refractivity contribution in [2.24, 2.45) is 0 Å². The van der Waals surface area contributed by atoms with Crippen LogP contribution in [0.5, 0.6) is 0 Å².